The zero-order valence-corrected chi connectivity index (χ0v) is 11.7. The molecule has 0 bridgehead atoms. The predicted molar refractivity (Wildman–Crippen MR) is 77.0 cm³/mol. The van der Waals surface area contributed by atoms with Crippen LogP contribution in [-0.4, -0.2) is 9.52 Å². The molecule has 17 heavy (non-hydrogen) atoms. The minimum atomic E-state index is 0.352. The van der Waals surface area contributed by atoms with Gasteiger partial charge in [-0.15, -0.1) is 0 Å². The van der Waals surface area contributed by atoms with Gasteiger partial charge >= 0.3 is 0 Å². The topological polar surface area (TPSA) is 0 Å². The van der Waals surface area contributed by atoms with Crippen molar-refractivity contribution in [3.05, 3.63) is 54.6 Å². The van der Waals surface area contributed by atoms with Crippen molar-refractivity contribution in [1.82, 2.24) is 0 Å². The second-order valence-electron chi connectivity index (χ2n) is 5.29. The second-order valence-corrected chi connectivity index (χ2v) is 7.58. The summed E-state index contributed by atoms with van der Waals surface area (Å²) in [6, 6.07) is 19.4. The molecule has 2 radical (unpaired) electrons. The molecule has 0 aromatic heterocycles. The van der Waals surface area contributed by atoms with E-state index in [2.05, 4.69) is 75.4 Å². The molecule has 0 aliphatic rings. The maximum absolute atomic E-state index is 2.30. The Morgan fingerprint density at radius 1 is 0.765 bits per heavy atom. The Balaban J connectivity index is 2.41. The highest BCUT2D eigenvalue weighted by atomic mass is 28.2. The van der Waals surface area contributed by atoms with Gasteiger partial charge in [0.25, 0.3) is 0 Å². The van der Waals surface area contributed by atoms with E-state index in [0.29, 0.717) is 5.04 Å². The third-order valence-electron chi connectivity index (χ3n) is 2.52. The number of rotatable bonds is 2. The Morgan fingerprint density at radius 2 is 1.35 bits per heavy atom. The molecule has 0 saturated heterocycles. The number of hydrogen-bond donors (Lipinski definition) is 0. The molecule has 0 spiro atoms. The van der Waals surface area contributed by atoms with Crippen LogP contribution in [0.3, 0.4) is 0 Å². The van der Waals surface area contributed by atoms with Crippen LogP contribution in [0.15, 0.2) is 54.6 Å². The van der Waals surface area contributed by atoms with E-state index in [4.69, 9.17) is 0 Å². The molecule has 2 aromatic carbocycles. The molecule has 86 valence electrons. The van der Waals surface area contributed by atoms with Gasteiger partial charge in [-0.25, -0.2) is 0 Å². The van der Waals surface area contributed by atoms with Crippen LogP contribution in [0, 0.1) is 0 Å². The van der Waals surface area contributed by atoms with Gasteiger partial charge in [0.05, 0.1) is 9.52 Å². The van der Waals surface area contributed by atoms with Crippen molar-refractivity contribution >= 4 is 14.7 Å². The van der Waals surface area contributed by atoms with Crippen molar-refractivity contribution in [2.75, 3.05) is 0 Å². The monoisotopic (exact) mass is 238 g/mol. The molecule has 0 aliphatic carbocycles. The molecular formula is C16H18Si. The summed E-state index contributed by atoms with van der Waals surface area (Å²) in [4.78, 5) is 0. The van der Waals surface area contributed by atoms with Crippen LogP contribution in [0.5, 0.6) is 0 Å². The van der Waals surface area contributed by atoms with Crippen molar-refractivity contribution in [3.63, 3.8) is 0 Å². The summed E-state index contributed by atoms with van der Waals surface area (Å²) in [5.74, 6) is 0. The zero-order valence-electron chi connectivity index (χ0n) is 10.7. The smallest absolute Gasteiger partial charge is 0.0629 e. The highest BCUT2D eigenvalue weighted by Gasteiger charge is 2.15. The Morgan fingerprint density at radius 3 is 2.00 bits per heavy atom. The highest BCUT2D eigenvalue weighted by molar-refractivity contribution is 6.58. The Kier molecular flexibility index (Phi) is 3.48. The Hall–Kier alpha value is -1.34. The summed E-state index contributed by atoms with van der Waals surface area (Å²) in [7, 11) is 0.838. The molecular weight excluding hydrogens is 220 g/mol. The largest absolute Gasteiger partial charge is 0.0877 e. The number of benzene rings is 2. The Bertz CT molecular complexity index is 480. The van der Waals surface area contributed by atoms with E-state index in [1.165, 1.54) is 16.3 Å². The molecule has 1 heteroatoms. The van der Waals surface area contributed by atoms with Crippen LogP contribution >= 0.6 is 0 Å². The summed E-state index contributed by atoms with van der Waals surface area (Å²) in [5, 5.41) is 1.82. The quantitative estimate of drug-likeness (QED) is 0.696. The van der Waals surface area contributed by atoms with E-state index in [1.54, 1.807) is 0 Å². The van der Waals surface area contributed by atoms with E-state index in [9.17, 15) is 0 Å². The summed E-state index contributed by atoms with van der Waals surface area (Å²) in [5.41, 5.74) is 2.70. The van der Waals surface area contributed by atoms with E-state index < -0.39 is 0 Å². The first-order valence-corrected chi connectivity index (χ1v) is 6.99. The lowest BCUT2D eigenvalue weighted by atomic mass is 10.1. The molecule has 2 aromatic rings. The van der Waals surface area contributed by atoms with Crippen molar-refractivity contribution < 1.29 is 0 Å². The molecule has 0 N–H and O–H groups in total. The SMILES string of the molecule is CC(C)(C)[Si]c1ccccc1-c1ccccc1. The molecule has 2 rings (SSSR count). The lowest BCUT2D eigenvalue weighted by molar-refractivity contribution is 0.759. The zero-order chi connectivity index (χ0) is 12.3. The number of hydrogen-bond acceptors (Lipinski definition) is 0. The van der Waals surface area contributed by atoms with E-state index in [-0.39, 0.29) is 0 Å². The summed E-state index contributed by atoms with van der Waals surface area (Å²) >= 11 is 0. The molecule has 0 heterocycles. The fraction of sp³-hybridized carbons (Fsp3) is 0.250. The van der Waals surface area contributed by atoms with Crippen molar-refractivity contribution in [3.8, 4) is 11.1 Å². The van der Waals surface area contributed by atoms with Crippen molar-refractivity contribution in [2.24, 2.45) is 0 Å². The average Bonchev–Trinajstić information content (AvgIpc) is 2.29. The molecule has 0 unspecified atom stereocenters. The van der Waals surface area contributed by atoms with E-state index >= 15 is 0 Å². The summed E-state index contributed by atoms with van der Waals surface area (Å²) < 4.78 is 0. The standard InChI is InChI=1S/C16H18Si/c1-16(2,3)17-15-12-8-7-11-14(15)13-9-5-4-6-10-13/h4-12H,1-3H3. The lowest BCUT2D eigenvalue weighted by Gasteiger charge is -2.19. The van der Waals surface area contributed by atoms with E-state index in [1.807, 2.05) is 0 Å². The van der Waals surface area contributed by atoms with Crippen LogP contribution in [-0.2, 0) is 0 Å². The second kappa shape index (κ2) is 4.88. The third kappa shape index (κ3) is 3.30. The van der Waals surface area contributed by atoms with E-state index in [0.717, 1.165) is 9.52 Å². The van der Waals surface area contributed by atoms with Crippen LogP contribution in [0.25, 0.3) is 11.1 Å². The molecule has 0 aliphatic heterocycles. The van der Waals surface area contributed by atoms with Crippen LogP contribution in [0.1, 0.15) is 20.8 Å². The maximum atomic E-state index is 2.30. The van der Waals surface area contributed by atoms with Gasteiger partial charge in [0.15, 0.2) is 0 Å². The lowest BCUT2D eigenvalue weighted by Crippen LogP contribution is -2.24. The molecule has 0 atom stereocenters. The minimum absolute atomic E-state index is 0.352. The van der Waals surface area contributed by atoms with Gasteiger partial charge in [-0.3, -0.25) is 0 Å². The van der Waals surface area contributed by atoms with Crippen molar-refractivity contribution in [1.29, 1.82) is 0 Å². The Labute approximate surface area is 107 Å². The normalized spacial score (nSPS) is 11.5. The predicted octanol–water partition coefficient (Wildman–Crippen LogP) is 3.90. The van der Waals surface area contributed by atoms with Gasteiger partial charge in [0.2, 0.25) is 0 Å². The molecule has 0 nitrogen and oxygen atoms in total. The van der Waals surface area contributed by atoms with Gasteiger partial charge in [-0.1, -0.05) is 80.6 Å². The van der Waals surface area contributed by atoms with Gasteiger partial charge in [0.1, 0.15) is 0 Å². The van der Waals surface area contributed by atoms with Gasteiger partial charge < -0.3 is 0 Å². The first-order chi connectivity index (χ1) is 8.06. The molecule has 0 fully saturated rings. The molecule has 0 saturated carbocycles. The van der Waals surface area contributed by atoms with Crippen LogP contribution in [0.2, 0.25) is 5.04 Å². The first kappa shape index (κ1) is 12.1. The fourth-order valence-corrected chi connectivity index (χ4v) is 3.22. The average molecular weight is 238 g/mol. The van der Waals surface area contributed by atoms with Crippen LogP contribution in [0.4, 0.5) is 0 Å². The fourth-order valence-electron chi connectivity index (χ4n) is 1.87. The van der Waals surface area contributed by atoms with Gasteiger partial charge in [-0.05, 0) is 16.2 Å². The van der Waals surface area contributed by atoms with Crippen molar-refractivity contribution in [2.45, 2.75) is 25.8 Å². The van der Waals surface area contributed by atoms with Gasteiger partial charge in [-0.2, -0.15) is 0 Å². The van der Waals surface area contributed by atoms with Gasteiger partial charge in [0, 0.05) is 0 Å². The van der Waals surface area contributed by atoms with Crippen LogP contribution < -0.4 is 5.19 Å². The third-order valence-corrected chi connectivity index (χ3v) is 3.98. The first-order valence-electron chi connectivity index (χ1n) is 5.99. The maximum Gasteiger partial charge on any atom is 0.0877 e. The summed E-state index contributed by atoms with van der Waals surface area (Å²) in [6.45, 7) is 6.90. The molecule has 0 amide bonds. The summed E-state index contributed by atoms with van der Waals surface area (Å²) in [6.07, 6.45) is 0. The minimum Gasteiger partial charge on any atom is -0.0629 e. The highest BCUT2D eigenvalue weighted by Crippen LogP contribution is 2.23.